The van der Waals surface area contributed by atoms with Crippen LogP contribution in [-0.2, 0) is 0 Å². The zero-order chi connectivity index (χ0) is 11.3. The van der Waals surface area contributed by atoms with Crippen LogP contribution < -0.4 is 5.32 Å². The second kappa shape index (κ2) is 6.09. The van der Waals surface area contributed by atoms with Crippen LogP contribution in [0, 0.1) is 0 Å². The lowest BCUT2D eigenvalue weighted by atomic mass is 10.1. The summed E-state index contributed by atoms with van der Waals surface area (Å²) in [5.41, 5.74) is 2.56. The van der Waals surface area contributed by atoms with Gasteiger partial charge in [-0.1, -0.05) is 47.1 Å². The van der Waals surface area contributed by atoms with Crippen LogP contribution in [0.3, 0.4) is 0 Å². The van der Waals surface area contributed by atoms with Gasteiger partial charge in [0.1, 0.15) is 0 Å². The van der Waals surface area contributed by atoms with Gasteiger partial charge in [-0.3, -0.25) is 0 Å². The van der Waals surface area contributed by atoms with Crippen LogP contribution in [0.5, 0.6) is 0 Å². The molecular weight excluding hydrogens is 250 g/mol. The molecule has 0 bridgehead atoms. The highest BCUT2D eigenvalue weighted by Gasteiger charge is 2.03. The van der Waals surface area contributed by atoms with Gasteiger partial charge >= 0.3 is 0 Å². The summed E-state index contributed by atoms with van der Waals surface area (Å²) in [4.78, 5) is 0. The lowest BCUT2D eigenvalue weighted by molar-refractivity contribution is 0.602. The number of hydrogen-bond acceptors (Lipinski definition) is 1. The Hall–Kier alpha value is -0.600. The van der Waals surface area contributed by atoms with Crippen molar-refractivity contribution >= 4 is 15.9 Å². The Morgan fingerprint density at radius 2 is 2.00 bits per heavy atom. The molecule has 0 aliphatic heterocycles. The molecule has 1 N–H and O–H groups in total. The van der Waals surface area contributed by atoms with Crippen molar-refractivity contribution in [2.24, 2.45) is 0 Å². The van der Waals surface area contributed by atoms with Gasteiger partial charge in [-0.05, 0) is 31.0 Å². The predicted octanol–water partition coefficient (Wildman–Crippen LogP) is 4.07. The third-order valence-electron chi connectivity index (χ3n) is 2.53. The second-order valence-corrected chi connectivity index (χ2v) is 4.67. The summed E-state index contributed by atoms with van der Waals surface area (Å²) in [6.45, 7) is 9.19. The van der Waals surface area contributed by atoms with E-state index >= 15 is 0 Å². The van der Waals surface area contributed by atoms with Gasteiger partial charge in [-0.15, -0.1) is 0 Å². The Morgan fingerprint density at radius 1 is 1.40 bits per heavy atom. The van der Waals surface area contributed by atoms with Crippen LogP contribution >= 0.6 is 15.9 Å². The smallest absolute Gasteiger partial charge is 0.0294 e. The van der Waals surface area contributed by atoms with E-state index in [-0.39, 0.29) is 0 Å². The van der Waals surface area contributed by atoms with E-state index in [9.17, 15) is 0 Å². The molecular formula is C13H18BrN. The average molecular weight is 268 g/mol. The van der Waals surface area contributed by atoms with E-state index < -0.39 is 0 Å². The van der Waals surface area contributed by atoms with E-state index in [4.69, 9.17) is 0 Å². The molecule has 1 aromatic carbocycles. The van der Waals surface area contributed by atoms with Crippen molar-refractivity contribution in [1.82, 2.24) is 5.32 Å². The molecule has 0 saturated carbocycles. The molecule has 1 nitrogen and oxygen atoms in total. The third kappa shape index (κ3) is 4.18. The summed E-state index contributed by atoms with van der Waals surface area (Å²) in [7, 11) is 0. The lowest BCUT2D eigenvalue weighted by Crippen LogP contribution is -2.20. The Balaban J connectivity index is 2.50. The maximum atomic E-state index is 3.98. The molecule has 0 heterocycles. The topological polar surface area (TPSA) is 12.0 Å². The first-order valence-electron chi connectivity index (χ1n) is 5.29. The first-order chi connectivity index (χ1) is 7.13. The minimum Gasteiger partial charge on any atom is -0.306 e. The normalized spacial score (nSPS) is 12.5. The summed E-state index contributed by atoms with van der Waals surface area (Å²) in [5.74, 6) is 0. The van der Waals surface area contributed by atoms with E-state index in [2.05, 4.69) is 65.9 Å². The highest BCUT2D eigenvalue weighted by atomic mass is 79.9. The number of benzene rings is 1. The van der Waals surface area contributed by atoms with Gasteiger partial charge in [-0.25, -0.2) is 0 Å². The van der Waals surface area contributed by atoms with Gasteiger partial charge in [0.15, 0.2) is 0 Å². The van der Waals surface area contributed by atoms with Crippen LogP contribution in [-0.4, -0.2) is 6.54 Å². The van der Waals surface area contributed by atoms with Crippen molar-refractivity contribution in [3.8, 4) is 0 Å². The first kappa shape index (κ1) is 12.5. The molecule has 1 atom stereocenters. The zero-order valence-corrected chi connectivity index (χ0v) is 11.0. The standard InChI is InChI=1S/C13H18BrN/c1-4-10(2)9-15-11(3)12-5-7-13(14)8-6-12/h5-8,11,15H,2,4,9H2,1,3H3. The van der Waals surface area contributed by atoms with E-state index in [1.54, 1.807) is 0 Å². The quantitative estimate of drug-likeness (QED) is 0.794. The first-order valence-corrected chi connectivity index (χ1v) is 6.08. The molecule has 82 valence electrons. The van der Waals surface area contributed by atoms with Crippen LogP contribution in [0.4, 0.5) is 0 Å². The fourth-order valence-corrected chi connectivity index (χ4v) is 1.56. The summed E-state index contributed by atoms with van der Waals surface area (Å²) in [6, 6.07) is 8.79. The van der Waals surface area contributed by atoms with Gasteiger partial charge in [0, 0.05) is 17.1 Å². The van der Waals surface area contributed by atoms with Gasteiger partial charge in [0.05, 0.1) is 0 Å². The molecule has 0 aromatic heterocycles. The maximum absolute atomic E-state index is 3.98. The van der Waals surface area contributed by atoms with E-state index in [1.165, 1.54) is 11.1 Å². The van der Waals surface area contributed by atoms with Crippen LogP contribution in [0.2, 0.25) is 0 Å². The SMILES string of the molecule is C=C(CC)CNC(C)c1ccc(Br)cc1. The Kier molecular flexibility index (Phi) is 5.06. The van der Waals surface area contributed by atoms with Gasteiger partial charge in [-0.2, -0.15) is 0 Å². The van der Waals surface area contributed by atoms with E-state index in [0.717, 1.165) is 17.4 Å². The third-order valence-corrected chi connectivity index (χ3v) is 3.06. The fourth-order valence-electron chi connectivity index (χ4n) is 1.29. The molecule has 0 aliphatic carbocycles. The van der Waals surface area contributed by atoms with E-state index in [0.29, 0.717) is 6.04 Å². The second-order valence-electron chi connectivity index (χ2n) is 3.76. The molecule has 1 aromatic rings. The largest absolute Gasteiger partial charge is 0.306 e. The summed E-state index contributed by atoms with van der Waals surface area (Å²) in [6.07, 6.45) is 1.04. The molecule has 0 saturated heterocycles. The maximum Gasteiger partial charge on any atom is 0.0294 e. The molecule has 15 heavy (non-hydrogen) atoms. The van der Waals surface area contributed by atoms with E-state index in [1.807, 2.05) is 0 Å². The number of hydrogen-bond donors (Lipinski definition) is 1. The van der Waals surface area contributed by atoms with Gasteiger partial charge in [0.25, 0.3) is 0 Å². The summed E-state index contributed by atoms with van der Waals surface area (Å²) in [5, 5.41) is 3.45. The van der Waals surface area contributed by atoms with Crippen molar-refractivity contribution in [2.45, 2.75) is 26.3 Å². The molecule has 0 radical (unpaired) electrons. The van der Waals surface area contributed by atoms with Crippen molar-refractivity contribution in [3.63, 3.8) is 0 Å². The van der Waals surface area contributed by atoms with Gasteiger partial charge in [0.2, 0.25) is 0 Å². The average Bonchev–Trinajstić information content (AvgIpc) is 2.26. The number of halogens is 1. The van der Waals surface area contributed by atoms with Crippen LogP contribution in [0.1, 0.15) is 31.9 Å². The molecule has 0 fully saturated rings. The molecule has 0 spiro atoms. The lowest BCUT2D eigenvalue weighted by Gasteiger charge is -2.14. The molecule has 0 aliphatic rings. The molecule has 1 unspecified atom stereocenters. The van der Waals surface area contributed by atoms with Crippen LogP contribution in [0.25, 0.3) is 0 Å². The van der Waals surface area contributed by atoms with Crippen molar-refractivity contribution in [2.75, 3.05) is 6.54 Å². The number of rotatable bonds is 5. The summed E-state index contributed by atoms with van der Waals surface area (Å²) < 4.78 is 1.12. The number of nitrogens with one attached hydrogen (secondary N) is 1. The van der Waals surface area contributed by atoms with Crippen molar-refractivity contribution in [3.05, 3.63) is 46.5 Å². The highest BCUT2D eigenvalue weighted by molar-refractivity contribution is 9.10. The Labute approximate surface area is 101 Å². The summed E-state index contributed by atoms with van der Waals surface area (Å²) >= 11 is 3.43. The minimum atomic E-state index is 0.376. The monoisotopic (exact) mass is 267 g/mol. The highest BCUT2D eigenvalue weighted by Crippen LogP contribution is 2.16. The predicted molar refractivity (Wildman–Crippen MR) is 70.0 cm³/mol. The van der Waals surface area contributed by atoms with Crippen molar-refractivity contribution in [1.29, 1.82) is 0 Å². The van der Waals surface area contributed by atoms with Crippen LogP contribution in [0.15, 0.2) is 40.9 Å². The molecule has 0 amide bonds. The Morgan fingerprint density at radius 3 is 2.53 bits per heavy atom. The minimum absolute atomic E-state index is 0.376. The Bertz CT molecular complexity index is 316. The molecule has 2 heteroatoms. The van der Waals surface area contributed by atoms with Gasteiger partial charge < -0.3 is 5.32 Å². The zero-order valence-electron chi connectivity index (χ0n) is 9.39. The fraction of sp³-hybridized carbons (Fsp3) is 0.385. The molecule has 1 rings (SSSR count). The van der Waals surface area contributed by atoms with Crippen molar-refractivity contribution < 1.29 is 0 Å².